The molecule has 0 saturated heterocycles. The van der Waals surface area contributed by atoms with E-state index in [4.69, 9.17) is 13.8 Å². The molecule has 0 radical (unpaired) electrons. The Morgan fingerprint density at radius 2 is 1.64 bits per heavy atom. The summed E-state index contributed by atoms with van der Waals surface area (Å²) < 4.78 is 28.4. The van der Waals surface area contributed by atoms with Crippen LogP contribution in [0.5, 0.6) is 0 Å². The average Bonchev–Trinajstić information content (AvgIpc) is 2.67. The van der Waals surface area contributed by atoms with Gasteiger partial charge in [0.15, 0.2) is 0 Å². The molecule has 1 aromatic carbocycles. The highest BCUT2D eigenvalue weighted by molar-refractivity contribution is 7.53. The zero-order chi connectivity index (χ0) is 21.0. The minimum atomic E-state index is -3.44. The third-order valence-corrected chi connectivity index (χ3v) is 5.81. The van der Waals surface area contributed by atoms with Gasteiger partial charge < -0.3 is 24.0 Å². The molecule has 28 heavy (non-hydrogen) atoms. The number of esters is 1. The van der Waals surface area contributed by atoms with Gasteiger partial charge in [-0.2, -0.15) is 0 Å². The van der Waals surface area contributed by atoms with Crippen molar-refractivity contribution < 1.29 is 27.9 Å². The zero-order valence-corrected chi connectivity index (χ0v) is 17.9. The molecule has 1 aromatic rings. The fourth-order valence-electron chi connectivity index (χ4n) is 2.56. The summed E-state index contributed by atoms with van der Waals surface area (Å²) in [5.74, 6) is -0.520. The van der Waals surface area contributed by atoms with Crippen molar-refractivity contribution in [3.05, 3.63) is 35.9 Å². The summed E-state index contributed by atoms with van der Waals surface area (Å²) >= 11 is 0. The molecule has 1 rings (SSSR count). The van der Waals surface area contributed by atoms with Gasteiger partial charge in [0.05, 0.1) is 19.8 Å². The number of carbonyl (C=O) groups excluding carboxylic acids is 2. The fraction of sp³-hybridized carbons (Fsp3) is 0.579. The molecule has 0 saturated carbocycles. The van der Waals surface area contributed by atoms with Crippen LogP contribution in [0, 0.1) is 0 Å². The van der Waals surface area contributed by atoms with Gasteiger partial charge in [0.1, 0.15) is 12.3 Å². The van der Waals surface area contributed by atoms with Crippen LogP contribution >= 0.6 is 7.60 Å². The maximum atomic E-state index is 12.7. The fourth-order valence-corrected chi connectivity index (χ4v) is 4.33. The van der Waals surface area contributed by atoms with E-state index in [9.17, 15) is 14.2 Å². The first-order valence-electron chi connectivity index (χ1n) is 9.53. The normalized spacial score (nSPS) is 12.3. The van der Waals surface area contributed by atoms with Crippen molar-refractivity contribution in [2.75, 3.05) is 32.7 Å². The summed E-state index contributed by atoms with van der Waals surface area (Å²) in [6, 6.07) is 7.94. The van der Waals surface area contributed by atoms with Gasteiger partial charge >= 0.3 is 19.6 Å². The quantitative estimate of drug-likeness (QED) is 0.416. The molecule has 2 amide bonds. The van der Waals surface area contributed by atoms with E-state index in [2.05, 4.69) is 5.32 Å². The Balaban J connectivity index is 2.90. The second-order valence-corrected chi connectivity index (χ2v) is 7.91. The second-order valence-electron chi connectivity index (χ2n) is 5.89. The summed E-state index contributed by atoms with van der Waals surface area (Å²) in [4.78, 5) is 26.4. The molecule has 0 aliphatic rings. The van der Waals surface area contributed by atoms with Crippen LogP contribution in [0.2, 0.25) is 0 Å². The number of hydrogen-bond acceptors (Lipinski definition) is 6. The molecular formula is C19H31N2O6P. The van der Waals surface area contributed by atoms with Gasteiger partial charge in [-0.1, -0.05) is 30.3 Å². The Kier molecular flexibility index (Phi) is 10.8. The first-order chi connectivity index (χ1) is 13.4. The maximum Gasteiger partial charge on any atom is 0.349 e. The van der Waals surface area contributed by atoms with Crippen molar-refractivity contribution >= 4 is 19.6 Å². The van der Waals surface area contributed by atoms with Crippen molar-refractivity contribution in [3.63, 3.8) is 0 Å². The largest absolute Gasteiger partial charge is 0.464 e. The maximum absolute atomic E-state index is 12.7. The van der Waals surface area contributed by atoms with Crippen LogP contribution in [0.25, 0.3) is 0 Å². The van der Waals surface area contributed by atoms with Gasteiger partial charge in [0.25, 0.3) is 0 Å². The SMILES string of the molecule is CCOC(=O)[C@H](Cc1ccccc1)NC(=O)N(CC)CP(=O)(OCC)OCC. The van der Waals surface area contributed by atoms with Crippen molar-refractivity contribution in [1.29, 1.82) is 0 Å². The highest BCUT2D eigenvalue weighted by Crippen LogP contribution is 2.48. The van der Waals surface area contributed by atoms with Crippen molar-refractivity contribution in [2.45, 2.75) is 40.2 Å². The molecule has 0 unspecified atom stereocenters. The Bertz CT molecular complexity index is 645. The standard InChI is InChI=1S/C19H31N2O6P/c1-5-21(15-28(24,26-7-3)27-8-4)19(23)20-17(18(22)25-6-2)14-16-12-10-9-11-13-16/h9-13,17H,5-8,14-15H2,1-4H3,(H,20,23)/t17-/m0/s1. The molecule has 0 bridgehead atoms. The zero-order valence-electron chi connectivity index (χ0n) is 17.1. The smallest absolute Gasteiger partial charge is 0.349 e. The molecule has 0 aliphatic carbocycles. The lowest BCUT2D eigenvalue weighted by atomic mass is 10.1. The Labute approximate surface area is 167 Å². The predicted molar refractivity (Wildman–Crippen MR) is 107 cm³/mol. The van der Waals surface area contributed by atoms with E-state index in [0.29, 0.717) is 0 Å². The molecule has 1 N–H and O–H groups in total. The molecule has 0 fully saturated rings. The van der Waals surface area contributed by atoms with E-state index >= 15 is 0 Å². The number of urea groups is 1. The molecule has 0 aromatic heterocycles. The highest BCUT2D eigenvalue weighted by atomic mass is 31.2. The number of hydrogen-bond donors (Lipinski definition) is 1. The molecule has 1 atom stereocenters. The van der Waals surface area contributed by atoms with E-state index in [-0.39, 0.29) is 39.1 Å². The molecule has 9 heteroatoms. The Hall–Kier alpha value is -1.89. The van der Waals surface area contributed by atoms with Gasteiger partial charge in [-0.3, -0.25) is 4.57 Å². The Morgan fingerprint density at radius 1 is 1.04 bits per heavy atom. The minimum Gasteiger partial charge on any atom is -0.464 e. The van der Waals surface area contributed by atoms with E-state index < -0.39 is 25.6 Å². The van der Waals surface area contributed by atoms with Crippen LogP contribution in [0.3, 0.4) is 0 Å². The molecule has 158 valence electrons. The molecule has 0 heterocycles. The van der Waals surface area contributed by atoms with E-state index in [1.165, 1.54) is 4.90 Å². The summed E-state index contributed by atoms with van der Waals surface area (Å²) in [7, 11) is -3.44. The molecule has 0 aliphatic heterocycles. The van der Waals surface area contributed by atoms with E-state index in [0.717, 1.165) is 5.56 Å². The minimum absolute atomic E-state index is 0.197. The monoisotopic (exact) mass is 414 g/mol. The van der Waals surface area contributed by atoms with E-state index in [1.807, 2.05) is 30.3 Å². The number of amides is 2. The van der Waals surface area contributed by atoms with Crippen LogP contribution in [0.15, 0.2) is 30.3 Å². The number of rotatable bonds is 12. The third-order valence-electron chi connectivity index (χ3n) is 3.82. The molecule has 8 nitrogen and oxygen atoms in total. The summed E-state index contributed by atoms with van der Waals surface area (Å²) in [6.07, 6.45) is 0.0927. The van der Waals surface area contributed by atoms with Gasteiger partial charge in [0.2, 0.25) is 0 Å². The van der Waals surface area contributed by atoms with Crippen LogP contribution in [-0.2, 0) is 29.6 Å². The third kappa shape index (κ3) is 8.00. The lowest BCUT2D eigenvalue weighted by Gasteiger charge is -2.27. The van der Waals surface area contributed by atoms with Crippen molar-refractivity contribution in [1.82, 2.24) is 10.2 Å². The molecular weight excluding hydrogens is 383 g/mol. The average molecular weight is 414 g/mol. The van der Waals surface area contributed by atoms with E-state index in [1.54, 1.807) is 27.7 Å². The number of ether oxygens (including phenoxy) is 1. The number of nitrogens with one attached hydrogen (secondary N) is 1. The lowest BCUT2D eigenvalue weighted by molar-refractivity contribution is -0.145. The predicted octanol–water partition coefficient (Wildman–Crippen LogP) is 3.42. The van der Waals surface area contributed by atoms with Gasteiger partial charge in [-0.25, -0.2) is 9.59 Å². The second kappa shape index (κ2) is 12.5. The first kappa shape index (κ1) is 24.1. The van der Waals surface area contributed by atoms with Crippen LogP contribution in [-0.4, -0.2) is 55.6 Å². The van der Waals surface area contributed by atoms with Crippen LogP contribution < -0.4 is 5.32 Å². The molecule has 0 spiro atoms. The summed E-state index contributed by atoms with van der Waals surface area (Å²) in [5.41, 5.74) is 0.887. The number of nitrogens with zero attached hydrogens (tertiary/aromatic N) is 1. The topological polar surface area (TPSA) is 94.2 Å². The number of benzene rings is 1. The van der Waals surface area contributed by atoms with Gasteiger partial charge in [-0.15, -0.1) is 0 Å². The van der Waals surface area contributed by atoms with Crippen LogP contribution in [0.4, 0.5) is 4.79 Å². The van der Waals surface area contributed by atoms with Crippen LogP contribution in [0.1, 0.15) is 33.3 Å². The highest BCUT2D eigenvalue weighted by Gasteiger charge is 2.31. The Morgan fingerprint density at radius 3 is 2.14 bits per heavy atom. The lowest BCUT2D eigenvalue weighted by Crippen LogP contribution is -2.49. The summed E-state index contributed by atoms with van der Waals surface area (Å²) in [6.45, 7) is 7.76. The number of carbonyl (C=O) groups is 2. The van der Waals surface area contributed by atoms with Gasteiger partial charge in [0, 0.05) is 13.0 Å². The first-order valence-corrected chi connectivity index (χ1v) is 11.3. The van der Waals surface area contributed by atoms with Crippen molar-refractivity contribution in [3.8, 4) is 0 Å². The summed E-state index contributed by atoms with van der Waals surface area (Å²) in [5, 5.41) is 2.69. The van der Waals surface area contributed by atoms with Crippen molar-refractivity contribution in [2.24, 2.45) is 0 Å². The van der Waals surface area contributed by atoms with Gasteiger partial charge in [-0.05, 0) is 33.3 Å².